The van der Waals surface area contributed by atoms with Gasteiger partial charge in [0.05, 0.1) is 9.77 Å². The van der Waals surface area contributed by atoms with E-state index in [4.69, 9.17) is 0 Å². The maximum absolute atomic E-state index is 12.4. The molecule has 0 bridgehead atoms. The SMILES string of the molecule is CCNS(=O)(=O)c1ccc(C(=O)Nc2cccc(C#Cc3cccs3)c2)cc1. The Bertz CT molecular complexity index is 1120. The number of hydrogen-bond acceptors (Lipinski definition) is 4. The van der Waals surface area contributed by atoms with E-state index in [1.165, 1.54) is 24.3 Å². The summed E-state index contributed by atoms with van der Waals surface area (Å²) in [6, 6.07) is 17.0. The summed E-state index contributed by atoms with van der Waals surface area (Å²) in [5, 5.41) is 4.77. The fourth-order valence-electron chi connectivity index (χ4n) is 2.42. The van der Waals surface area contributed by atoms with E-state index in [9.17, 15) is 13.2 Å². The molecule has 0 fully saturated rings. The van der Waals surface area contributed by atoms with Crippen LogP contribution >= 0.6 is 11.3 Å². The lowest BCUT2D eigenvalue weighted by atomic mass is 10.1. The monoisotopic (exact) mass is 410 g/mol. The van der Waals surface area contributed by atoms with Crippen molar-refractivity contribution in [2.24, 2.45) is 0 Å². The van der Waals surface area contributed by atoms with Crippen molar-refractivity contribution in [2.45, 2.75) is 11.8 Å². The van der Waals surface area contributed by atoms with E-state index in [0.29, 0.717) is 17.8 Å². The quantitative estimate of drug-likeness (QED) is 0.630. The molecule has 0 spiro atoms. The maximum Gasteiger partial charge on any atom is 0.255 e. The number of anilines is 1. The minimum Gasteiger partial charge on any atom is -0.322 e. The molecule has 0 aliphatic carbocycles. The molecule has 0 unspecified atom stereocenters. The Morgan fingerprint density at radius 2 is 1.82 bits per heavy atom. The van der Waals surface area contributed by atoms with Gasteiger partial charge < -0.3 is 5.32 Å². The number of sulfonamides is 1. The summed E-state index contributed by atoms with van der Waals surface area (Å²) in [6.07, 6.45) is 0. The van der Waals surface area contributed by atoms with Crippen LogP contribution in [-0.4, -0.2) is 20.9 Å². The van der Waals surface area contributed by atoms with Gasteiger partial charge in [-0.1, -0.05) is 30.9 Å². The lowest BCUT2D eigenvalue weighted by Gasteiger charge is -2.07. The van der Waals surface area contributed by atoms with Crippen molar-refractivity contribution in [3.8, 4) is 11.8 Å². The summed E-state index contributed by atoms with van der Waals surface area (Å²) in [5.74, 6) is 5.83. The summed E-state index contributed by atoms with van der Waals surface area (Å²) in [5.41, 5.74) is 1.77. The number of amides is 1. The Labute approximate surface area is 168 Å². The van der Waals surface area contributed by atoms with Crippen molar-refractivity contribution in [3.63, 3.8) is 0 Å². The number of rotatable bonds is 5. The first kappa shape index (κ1) is 19.8. The largest absolute Gasteiger partial charge is 0.322 e. The molecule has 1 amide bonds. The number of nitrogens with one attached hydrogen (secondary N) is 2. The highest BCUT2D eigenvalue weighted by atomic mass is 32.2. The zero-order valence-electron chi connectivity index (χ0n) is 15.1. The van der Waals surface area contributed by atoms with Crippen LogP contribution in [0.15, 0.2) is 70.9 Å². The molecule has 142 valence electrons. The summed E-state index contributed by atoms with van der Waals surface area (Å²) < 4.78 is 26.3. The first-order valence-electron chi connectivity index (χ1n) is 8.54. The molecule has 7 heteroatoms. The van der Waals surface area contributed by atoms with Crippen molar-refractivity contribution >= 4 is 33.0 Å². The molecule has 3 rings (SSSR count). The van der Waals surface area contributed by atoms with Gasteiger partial charge in [-0.3, -0.25) is 4.79 Å². The Kier molecular flexibility index (Phi) is 6.26. The number of benzene rings is 2. The molecular formula is C21H18N2O3S2. The van der Waals surface area contributed by atoms with Crippen LogP contribution in [0.5, 0.6) is 0 Å². The lowest BCUT2D eigenvalue weighted by molar-refractivity contribution is 0.102. The molecule has 5 nitrogen and oxygen atoms in total. The summed E-state index contributed by atoms with van der Waals surface area (Å²) in [7, 11) is -3.54. The Balaban J connectivity index is 1.72. The highest BCUT2D eigenvalue weighted by molar-refractivity contribution is 7.89. The number of hydrogen-bond donors (Lipinski definition) is 2. The van der Waals surface area contributed by atoms with Crippen LogP contribution in [0.2, 0.25) is 0 Å². The average Bonchev–Trinajstić information content (AvgIpc) is 3.20. The highest BCUT2D eigenvalue weighted by Gasteiger charge is 2.13. The van der Waals surface area contributed by atoms with Gasteiger partial charge in [0.1, 0.15) is 0 Å². The van der Waals surface area contributed by atoms with E-state index in [0.717, 1.165) is 10.4 Å². The third-order valence-electron chi connectivity index (χ3n) is 3.73. The van der Waals surface area contributed by atoms with E-state index >= 15 is 0 Å². The van der Waals surface area contributed by atoms with Crippen LogP contribution in [-0.2, 0) is 10.0 Å². The molecule has 0 aliphatic heterocycles. The van der Waals surface area contributed by atoms with Gasteiger partial charge in [0.25, 0.3) is 5.91 Å². The van der Waals surface area contributed by atoms with Crippen LogP contribution < -0.4 is 10.0 Å². The maximum atomic E-state index is 12.4. The second-order valence-corrected chi connectivity index (χ2v) is 8.50. The van der Waals surface area contributed by atoms with Crippen molar-refractivity contribution in [1.29, 1.82) is 0 Å². The summed E-state index contributed by atoms with van der Waals surface area (Å²) >= 11 is 1.57. The van der Waals surface area contributed by atoms with Gasteiger partial charge in [0, 0.05) is 23.4 Å². The third kappa shape index (κ3) is 5.08. The fourth-order valence-corrected chi connectivity index (χ4v) is 4.03. The fraction of sp³-hybridized carbons (Fsp3) is 0.0952. The molecular weight excluding hydrogens is 392 g/mol. The molecule has 0 radical (unpaired) electrons. The van der Waals surface area contributed by atoms with Crippen molar-refractivity contribution in [3.05, 3.63) is 82.0 Å². The Morgan fingerprint density at radius 3 is 2.50 bits per heavy atom. The van der Waals surface area contributed by atoms with Crippen LogP contribution in [0.1, 0.15) is 27.7 Å². The van der Waals surface area contributed by atoms with Crippen LogP contribution in [0.25, 0.3) is 0 Å². The lowest BCUT2D eigenvalue weighted by Crippen LogP contribution is -2.23. The van der Waals surface area contributed by atoms with Gasteiger partial charge in [-0.2, -0.15) is 0 Å². The number of carbonyl (C=O) groups is 1. The first-order valence-corrected chi connectivity index (χ1v) is 10.9. The topological polar surface area (TPSA) is 75.3 Å². The van der Waals surface area contributed by atoms with E-state index in [2.05, 4.69) is 21.9 Å². The van der Waals surface area contributed by atoms with Gasteiger partial charge in [-0.15, -0.1) is 11.3 Å². The van der Waals surface area contributed by atoms with Gasteiger partial charge in [-0.25, -0.2) is 13.1 Å². The molecule has 2 aromatic carbocycles. The van der Waals surface area contributed by atoms with Gasteiger partial charge in [0.15, 0.2) is 0 Å². The predicted molar refractivity (Wildman–Crippen MR) is 112 cm³/mol. The van der Waals surface area contributed by atoms with E-state index in [-0.39, 0.29) is 10.8 Å². The summed E-state index contributed by atoms with van der Waals surface area (Å²) in [6.45, 7) is 2.01. The Morgan fingerprint density at radius 1 is 1.04 bits per heavy atom. The Hall–Kier alpha value is -2.92. The molecule has 0 aliphatic rings. The zero-order chi connectivity index (χ0) is 20.0. The molecule has 1 heterocycles. The predicted octanol–water partition coefficient (Wildman–Crippen LogP) is 3.70. The van der Waals surface area contributed by atoms with Gasteiger partial charge >= 0.3 is 0 Å². The number of thiophene rings is 1. The molecule has 3 aromatic rings. The number of carbonyl (C=O) groups excluding carboxylic acids is 1. The minimum atomic E-state index is -3.54. The molecule has 0 saturated heterocycles. The standard InChI is InChI=1S/C21H18N2O3S2/c1-2-22-28(25,26)20-12-9-17(10-13-20)21(24)23-18-6-3-5-16(15-18)8-11-19-7-4-14-27-19/h3-7,9-10,12-15,22H,2H2,1H3,(H,23,24). The van der Waals surface area contributed by atoms with E-state index in [1.807, 2.05) is 29.6 Å². The average molecular weight is 411 g/mol. The van der Waals surface area contributed by atoms with Crippen molar-refractivity contribution in [2.75, 3.05) is 11.9 Å². The van der Waals surface area contributed by atoms with Crippen molar-refractivity contribution in [1.82, 2.24) is 4.72 Å². The second-order valence-electron chi connectivity index (χ2n) is 5.79. The van der Waals surface area contributed by atoms with Gasteiger partial charge in [-0.05, 0) is 53.9 Å². The van der Waals surface area contributed by atoms with E-state index in [1.54, 1.807) is 30.4 Å². The first-order chi connectivity index (χ1) is 13.5. The smallest absolute Gasteiger partial charge is 0.255 e. The molecule has 28 heavy (non-hydrogen) atoms. The molecule has 0 atom stereocenters. The zero-order valence-corrected chi connectivity index (χ0v) is 16.7. The van der Waals surface area contributed by atoms with Gasteiger partial charge in [0.2, 0.25) is 10.0 Å². The normalized spacial score (nSPS) is 10.8. The highest BCUT2D eigenvalue weighted by Crippen LogP contribution is 2.15. The molecule has 1 aromatic heterocycles. The molecule has 2 N–H and O–H groups in total. The van der Waals surface area contributed by atoms with Crippen LogP contribution in [0.3, 0.4) is 0 Å². The van der Waals surface area contributed by atoms with Crippen LogP contribution in [0, 0.1) is 11.8 Å². The van der Waals surface area contributed by atoms with Crippen LogP contribution in [0.4, 0.5) is 5.69 Å². The second kappa shape index (κ2) is 8.85. The van der Waals surface area contributed by atoms with E-state index < -0.39 is 10.0 Å². The molecule has 0 saturated carbocycles. The van der Waals surface area contributed by atoms with Crippen molar-refractivity contribution < 1.29 is 13.2 Å². The third-order valence-corrected chi connectivity index (χ3v) is 6.08. The minimum absolute atomic E-state index is 0.122. The summed E-state index contributed by atoms with van der Waals surface area (Å²) in [4.78, 5) is 13.5.